The van der Waals surface area contributed by atoms with Crippen molar-refractivity contribution in [1.82, 2.24) is 4.90 Å². The fraction of sp³-hybridized carbons (Fsp3) is 0.500. The highest BCUT2D eigenvalue weighted by atomic mass is 35.5. The highest BCUT2D eigenvalue weighted by Crippen LogP contribution is 2.39. The van der Waals surface area contributed by atoms with Gasteiger partial charge in [0.1, 0.15) is 5.00 Å². The van der Waals surface area contributed by atoms with Crippen molar-refractivity contribution in [2.45, 2.75) is 52.0 Å². The second kappa shape index (κ2) is 10.2. The van der Waals surface area contributed by atoms with Crippen LogP contribution < -0.4 is 5.32 Å². The summed E-state index contributed by atoms with van der Waals surface area (Å²) in [6.45, 7) is 4.74. The van der Waals surface area contributed by atoms with Crippen molar-refractivity contribution < 1.29 is 14.3 Å². The van der Waals surface area contributed by atoms with Crippen LogP contribution in [0.1, 0.15) is 59.0 Å². The fourth-order valence-corrected chi connectivity index (χ4v) is 6.03. The van der Waals surface area contributed by atoms with E-state index in [1.165, 1.54) is 10.4 Å². The van der Waals surface area contributed by atoms with Crippen LogP contribution in [0.3, 0.4) is 0 Å². The van der Waals surface area contributed by atoms with Crippen LogP contribution in [0.25, 0.3) is 0 Å². The molecule has 2 aromatic rings. The Bertz CT molecular complexity index is 950. The van der Waals surface area contributed by atoms with E-state index in [0.29, 0.717) is 17.2 Å². The second-order valence-electron chi connectivity index (χ2n) is 8.31. The lowest BCUT2D eigenvalue weighted by molar-refractivity contribution is -0.121. The number of benzene rings is 1. The zero-order chi connectivity index (χ0) is 21.8. The van der Waals surface area contributed by atoms with Gasteiger partial charge in [-0.2, -0.15) is 0 Å². The average Bonchev–Trinajstić information content (AvgIpc) is 3.12. The average molecular weight is 461 g/mol. The molecule has 1 aromatic heterocycles. The fourth-order valence-electron chi connectivity index (χ4n) is 4.53. The van der Waals surface area contributed by atoms with Gasteiger partial charge in [0.2, 0.25) is 5.91 Å². The van der Waals surface area contributed by atoms with E-state index >= 15 is 0 Å². The van der Waals surface area contributed by atoms with Crippen LogP contribution >= 0.6 is 22.9 Å². The third kappa shape index (κ3) is 5.30. The van der Waals surface area contributed by atoms with E-state index in [1.807, 2.05) is 25.1 Å². The maximum absolute atomic E-state index is 13.0. The highest BCUT2D eigenvalue weighted by molar-refractivity contribution is 7.17. The number of likely N-dealkylation sites (tertiary alicyclic amines) is 1. The largest absolute Gasteiger partial charge is 0.462 e. The van der Waals surface area contributed by atoms with Gasteiger partial charge in [-0.05, 0) is 81.8 Å². The van der Waals surface area contributed by atoms with Gasteiger partial charge in [-0.15, -0.1) is 11.3 Å². The van der Waals surface area contributed by atoms with Crippen molar-refractivity contribution in [3.8, 4) is 0 Å². The van der Waals surface area contributed by atoms with E-state index in [2.05, 4.69) is 16.3 Å². The van der Waals surface area contributed by atoms with Gasteiger partial charge in [0.25, 0.3) is 0 Å². The minimum Gasteiger partial charge on any atom is -0.462 e. The van der Waals surface area contributed by atoms with Gasteiger partial charge in [0, 0.05) is 22.4 Å². The SMILES string of the molecule is CCOC(=O)c1c(NC(=O)C2CCN(Cc3cccc(Cl)c3)CC2)sc2c1CCCC2. The third-order valence-corrected chi connectivity index (χ3v) is 7.58. The molecule has 0 saturated carbocycles. The molecule has 0 atom stereocenters. The standard InChI is InChI=1S/C24H29ClN2O3S/c1-2-30-24(29)21-19-8-3-4-9-20(19)31-23(21)26-22(28)17-10-12-27(13-11-17)15-16-6-5-7-18(25)14-16/h5-7,14,17H,2-4,8-13,15H2,1H3,(H,26,28). The van der Waals surface area contributed by atoms with Crippen molar-refractivity contribution in [3.05, 3.63) is 50.9 Å². The summed E-state index contributed by atoms with van der Waals surface area (Å²) in [5.41, 5.74) is 2.87. The molecule has 0 unspecified atom stereocenters. The molecule has 31 heavy (non-hydrogen) atoms. The van der Waals surface area contributed by atoms with E-state index in [0.717, 1.165) is 68.7 Å². The summed E-state index contributed by atoms with van der Waals surface area (Å²) in [7, 11) is 0. The van der Waals surface area contributed by atoms with Gasteiger partial charge < -0.3 is 10.1 Å². The normalized spacial score (nSPS) is 17.2. The van der Waals surface area contributed by atoms with Gasteiger partial charge in [-0.25, -0.2) is 4.79 Å². The Morgan fingerprint density at radius 1 is 1.23 bits per heavy atom. The van der Waals surface area contributed by atoms with E-state index in [1.54, 1.807) is 11.3 Å². The van der Waals surface area contributed by atoms with E-state index in [4.69, 9.17) is 16.3 Å². The summed E-state index contributed by atoms with van der Waals surface area (Å²) < 4.78 is 5.30. The maximum Gasteiger partial charge on any atom is 0.341 e. The first-order valence-electron chi connectivity index (χ1n) is 11.1. The molecule has 0 bridgehead atoms. The lowest BCUT2D eigenvalue weighted by Gasteiger charge is -2.31. The van der Waals surface area contributed by atoms with Gasteiger partial charge >= 0.3 is 5.97 Å². The molecule has 1 aromatic carbocycles. The van der Waals surface area contributed by atoms with Crippen LogP contribution in [0, 0.1) is 5.92 Å². The first-order valence-corrected chi connectivity index (χ1v) is 12.3. The summed E-state index contributed by atoms with van der Waals surface area (Å²) in [4.78, 5) is 29.2. The molecule has 0 radical (unpaired) electrons. The topological polar surface area (TPSA) is 58.6 Å². The molecule has 166 valence electrons. The van der Waals surface area contributed by atoms with Crippen molar-refractivity contribution in [3.63, 3.8) is 0 Å². The molecule has 4 rings (SSSR count). The summed E-state index contributed by atoms with van der Waals surface area (Å²) >= 11 is 7.65. The molecule has 7 heteroatoms. The van der Waals surface area contributed by atoms with Crippen molar-refractivity contribution in [2.75, 3.05) is 25.0 Å². The van der Waals surface area contributed by atoms with Crippen LogP contribution in [0.5, 0.6) is 0 Å². The Balaban J connectivity index is 1.39. The molecule has 1 amide bonds. The molecule has 1 saturated heterocycles. The number of piperidine rings is 1. The number of nitrogens with one attached hydrogen (secondary N) is 1. The quantitative estimate of drug-likeness (QED) is 0.593. The number of anilines is 1. The number of halogens is 1. The van der Waals surface area contributed by atoms with Gasteiger partial charge in [0.05, 0.1) is 12.2 Å². The third-order valence-electron chi connectivity index (χ3n) is 6.14. The number of fused-ring (bicyclic) bond motifs is 1. The van der Waals surface area contributed by atoms with Crippen LogP contribution in [0.4, 0.5) is 5.00 Å². The zero-order valence-electron chi connectivity index (χ0n) is 17.9. The smallest absolute Gasteiger partial charge is 0.341 e. The predicted octanol–water partition coefficient (Wildman–Crippen LogP) is 5.31. The molecular weight excluding hydrogens is 432 g/mol. The number of esters is 1. The lowest BCUT2D eigenvalue weighted by atomic mass is 9.94. The van der Waals surface area contributed by atoms with Crippen LogP contribution in [0.15, 0.2) is 24.3 Å². The van der Waals surface area contributed by atoms with Gasteiger partial charge in [-0.1, -0.05) is 23.7 Å². The van der Waals surface area contributed by atoms with Crippen LogP contribution in [-0.2, 0) is 28.9 Å². The molecule has 1 fully saturated rings. The molecule has 2 aliphatic rings. The van der Waals surface area contributed by atoms with Crippen molar-refractivity contribution >= 4 is 39.8 Å². The van der Waals surface area contributed by atoms with Crippen molar-refractivity contribution in [2.24, 2.45) is 5.92 Å². The maximum atomic E-state index is 13.0. The number of carbonyl (C=O) groups is 2. The number of amides is 1. The first kappa shape index (κ1) is 22.3. The molecule has 0 spiro atoms. The zero-order valence-corrected chi connectivity index (χ0v) is 19.5. The van der Waals surface area contributed by atoms with Crippen LogP contribution in [-0.4, -0.2) is 36.5 Å². The number of nitrogens with zero attached hydrogens (tertiary/aromatic N) is 1. The Morgan fingerprint density at radius 2 is 2.00 bits per heavy atom. The lowest BCUT2D eigenvalue weighted by Crippen LogP contribution is -2.37. The molecule has 2 heterocycles. The first-order chi connectivity index (χ1) is 15.0. The van der Waals surface area contributed by atoms with Crippen molar-refractivity contribution in [1.29, 1.82) is 0 Å². The van der Waals surface area contributed by atoms with Gasteiger partial charge in [-0.3, -0.25) is 9.69 Å². The number of carbonyl (C=O) groups excluding carboxylic acids is 2. The monoisotopic (exact) mass is 460 g/mol. The summed E-state index contributed by atoms with van der Waals surface area (Å²) in [5.74, 6) is -0.329. The Kier molecular flexibility index (Phi) is 7.31. The highest BCUT2D eigenvalue weighted by Gasteiger charge is 2.30. The van der Waals surface area contributed by atoms with E-state index in [9.17, 15) is 9.59 Å². The Morgan fingerprint density at radius 3 is 2.74 bits per heavy atom. The number of ether oxygens (including phenoxy) is 1. The number of aryl methyl sites for hydroxylation is 1. The van der Waals surface area contributed by atoms with E-state index in [-0.39, 0.29) is 17.8 Å². The number of rotatable bonds is 6. The Labute approximate surface area is 192 Å². The number of hydrogen-bond acceptors (Lipinski definition) is 5. The van der Waals surface area contributed by atoms with Crippen LogP contribution in [0.2, 0.25) is 5.02 Å². The number of hydrogen-bond donors (Lipinski definition) is 1. The molecule has 5 nitrogen and oxygen atoms in total. The number of thiophene rings is 1. The molecule has 1 aliphatic carbocycles. The minimum absolute atomic E-state index is 0.0200. The predicted molar refractivity (Wildman–Crippen MR) is 125 cm³/mol. The minimum atomic E-state index is -0.312. The Hall–Kier alpha value is -1.89. The summed E-state index contributed by atoms with van der Waals surface area (Å²) in [6, 6.07) is 7.93. The molecule has 1 aliphatic heterocycles. The van der Waals surface area contributed by atoms with E-state index < -0.39 is 0 Å². The molecule has 1 N–H and O–H groups in total. The van der Waals surface area contributed by atoms with Gasteiger partial charge in [0.15, 0.2) is 0 Å². The summed E-state index contributed by atoms with van der Waals surface area (Å²) in [6.07, 6.45) is 5.70. The molecular formula is C24H29ClN2O3S. The second-order valence-corrected chi connectivity index (χ2v) is 9.85. The summed E-state index contributed by atoms with van der Waals surface area (Å²) in [5, 5.41) is 4.52.